The van der Waals surface area contributed by atoms with Gasteiger partial charge in [-0.2, -0.15) is 0 Å². The second kappa shape index (κ2) is 5.37. The number of hydrogen-bond acceptors (Lipinski definition) is 2. The monoisotopic (exact) mass is 316 g/mol. The zero-order valence-corrected chi connectivity index (χ0v) is 15.0. The van der Waals surface area contributed by atoms with Crippen molar-refractivity contribution in [3.05, 3.63) is 23.0 Å². The third-order valence-electron chi connectivity index (χ3n) is 8.22. The van der Waals surface area contributed by atoms with E-state index in [9.17, 15) is 5.11 Å². The van der Waals surface area contributed by atoms with E-state index in [1.54, 1.807) is 18.3 Å². The minimum atomic E-state index is -0.410. The lowest BCUT2D eigenvalue weighted by atomic mass is 9.52. The van der Waals surface area contributed by atoms with Crippen LogP contribution in [-0.2, 0) is 4.74 Å². The van der Waals surface area contributed by atoms with E-state index in [4.69, 9.17) is 4.74 Å². The fourth-order valence-corrected chi connectivity index (χ4v) is 6.74. The average Bonchev–Trinajstić information content (AvgIpc) is 2.86. The standard InChI is InChI=1S/C21H32O2/c1-4-21(22)12-10-19-18-7-5-14-13-15(23-3)6-8-16(14)17(18)9-11-20(19,21)2/h6,17-19,22H,4-5,7-13H2,1-3H3/t17-,18-,19+,20+,21+/m1/s1. The Morgan fingerprint density at radius 3 is 2.83 bits per heavy atom. The molecule has 0 saturated heterocycles. The molecule has 4 rings (SSSR count). The number of aliphatic hydroxyl groups is 1. The first-order valence-electron chi connectivity index (χ1n) is 9.68. The maximum atomic E-state index is 11.2. The van der Waals surface area contributed by atoms with Crippen molar-refractivity contribution in [1.82, 2.24) is 0 Å². The molecular formula is C21H32O2. The second-order valence-electron chi connectivity index (χ2n) is 8.68. The summed E-state index contributed by atoms with van der Waals surface area (Å²) in [4.78, 5) is 0. The van der Waals surface area contributed by atoms with Crippen molar-refractivity contribution < 1.29 is 9.84 Å². The van der Waals surface area contributed by atoms with Gasteiger partial charge in [-0.3, -0.25) is 0 Å². The molecule has 1 N–H and O–H groups in total. The van der Waals surface area contributed by atoms with Crippen molar-refractivity contribution in [3.63, 3.8) is 0 Å². The topological polar surface area (TPSA) is 29.5 Å². The maximum Gasteiger partial charge on any atom is 0.0959 e. The molecule has 23 heavy (non-hydrogen) atoms. The summed E-state index contributed by atoms with van der Waals surface area (Å²) in [5.41, 5.74) is 3.17. The first kappa shape index (κ1) is 15.7. The van der Waals surface area contributed by atoms with Gasteiger partial charge in [-0.15, -0.1) is 0 Å². The molecule has 0 aromatic heterocycles. The summed E-state index contributed by atoms with van der Waals surface area (Å²) in [5.74, 6) is 3.49. The van der Waals surface area contributed by atoms with Crippen molar-refractivity contribution in [1.29, 1.82) is 0 Å². The van der Waals surface area contributed by atoms with Gasteiger partial charge >= 0.3 is 0 Å². The number of allylic oxidation sites excluding steroid dienone is 3. The fraction of sp³-hybridized carbons (Fsp3) is 0.810. The Bertz CT molecular complexity index is 560. The van der Waals surface area contributed by atoms with Crippen molar-refractivity contribution in [2.24, 2.45) is 23.2 Å². The predicted molar refractivity (Wildman–Crippen MR) is 92.9 cm³/mol. The number of rotatable bonds is 2. The van der Waals surface area contributed by atoms with Gasteiger partial charge in [0.2, 0.25) is 0 Å². The van der Waals surface area contributed by atoms with E-state index in [1.807, 2.05) is 0 Å². The fourth-order valence-electron chi connectivity index (χ4n) is 6.74. The highest BCUT2D eigenvalue weighted by molar-refractivity contribution is 5.33. The SMILES string of the molecule is CC[C@]1(O)CC[C@H]2[C@@H]3CCC4=C(CC=C(OC)C4)[C@H]3CC[C@@]21C. The molecule has 0 aromatic rings. The Morgan fingerprint density at radius 1 is 1.26 bits per heavy atom. The van der Waals surface area contributed by atoms with Gasteiger partial charge in [-0.05, 0) is 80.6 Å². The van der Waals surface area contributed by atoms with Crippen LogP contribution in [-0.4, -0.2) is 17.8 Å². The van der Waals surface area contributed by atoms with Crippen LogP contribution < -0.4 is 0 Å². The zero-order chi connectivity index (χ0) is 16.2. The van der Waals surface area contributed by atoms with Crippen molar-refractivity contribution in [2.45, 2.75) is 77.2 Å². The smallest absolute Gasteiger partial charge is 0.0959 e. The van der Waals surface area contributed by atoms with Gasteiger partial charge in [-0.25, -0.2) is 0 Å². The van der Waals surface area contributed by atoms with Crippen molar-refractivity contribution in [2.75, 3.05) is 7.11 Å². The van der Waals surface area contributed by atoms with E-state index in [1.165, 1.54) is 37.9 Å². The van der Waals surface area contributed by atoms with Crippen LogP contribution in [0.3, 0.4) is 0 Å². The summed E-state index contributed by atoms with van der Waals surface area (Å²) in [6, 6.07) is 0. The molecule has 0 bridgehead atoms. The van der Waals surface area contributed by atoms with Crippen LogP contribution in [0.15, 0.2) is 23.0 Å². The highest BCUT2D eigenvalue weighted by Gasteiger charge is 2.60. The van der Waals surface area contributed by atoms with Gasteiger partial charge in [0, 0.05) is 6.42 Å². The third-order valence-corrected chi connectivity index (χ3v) is 8.22. The largest absolute Gasteiger partial charge is 0.501 e. The van der Waals surface area contributed by atoms with E-state index in [-0.39, 0.29) is 5.41 Å². The van der Waals surface area contributed by atoms with Crippen LogP contribution in [0.5, 0.6) is 0 Å². The molecule has 0 spiro atoms. The first-order valence-corrected chi connectivity index (χ1v) is 9.68. The highest BCUT2D eigenvalue weighted by Crippen LogP contribution is 2.64. The predicted octanol–water partition coefficient (Wildman–Crippen LogP) is 4.98. The van der Waals surface area contributed by atoms with Gasteiger partial charge in [0.05, 0.1) is 18.5 Å². The van der Waals surface area contributed by atoms with Crippen LogP contribution in [0.1, 0.15) is 71.6 Å². The Morgan fingerprint density at radius 2 is 2.09 bits per heavy atom. The van der Waals surface area contributed by atoms with Crippen LogP contribution in [0.4, 0.5) is 0 Å². The van der Waals surface area contributed by atoms with Crippen LogP contribution in [0.2, 0.25) is 0 Å². The molecule has 2 heteroatoms. The molecule has 2 nitrogen and oxygen atoms in total. The van der Waals surface area contributed by atoms with E-state index in [2.05, 4.69) is 19.9 Å². The van der Waals surface area contributed by atoms with Crippen molar-refractivity contribution >= 4 is 0 Å². The lowest BCUT2D eigenvalue weighted by molar-refractivity contribution is -0.108. The van der Waals surface area contributed by atoms with Crippen LogP contribution >= 0.6 is 0 Å². The molecule has 4 aliphatic rings. The minimum absolute atomic E-state index is 0.156. The summed E-state index contributed by atoms with van der Waals surface area (Å²) < 4.78 is 5.50. The number of hydrogen-bond donors (Lipinski definition) is 1. The highest BCUT2D eigenvalue weighted by atomic mass is 16.5. The van der Waals surface area contributed by atoms with E-state index in [0.717, 1.165) is 43.4 Å². The molecule has 2 fully saturated rings. The average molecular weight is 316 g/mol. The molecule has 128 valence electrons. The Labute approximate surface area is 141 Å². The second-order valence-corrected chi connectivity index (χ2v) is 8.68. The molecule has 4 aliphatic carbocycles. The van der Waals surface area contributed by atoms with Crippen molar-refractivity contribution in [3.8, 4) is 0 Å². The molecule has 0 unspecified atom stereocenters. The summed E-state index contributed by atoms with van der Waals surface area (Å²) in [6.45, 7) is 4.58. The molecule has 2 saturated carbocycles. The molecule has 0 aliphatic heterocycles. The summed E-state index contributed by atoms with van der Waals surface area (Å²) in [7, 11) is 1.80. The minimum Gasteiger partial charge on any atom is -0.501 e. The number of methoxy groups -OCH3 is 1. The Hall–Kier alpha value is -0.760. The molecule has 0 aromatic carbocycles. The molecule has 0 heterocycles. The van der Waals surface area contributed by atoms with Gasteiger partial charge in [0.15, 0.2) is 0 Å². The number of ether oxygens (including phenoxy) is 1. The van der Waals surface area contributed by atoms with Gasteiger partial charge in [0.1, 0.15) is 0 Å². The molecule has 5 atom stereocenters. The maximum absolute atomic E-state index is 11.2. The molecule has 0 radical (unpaired) electrons. The summed E-state index contributed by atoms with van der Waals surface area (Å²) >= 11 is 0. The lowest BCUT2D eigenvalue weighted by Gasteiger charge is -2.54. The summed E-state index contributed by atoms with van der Waals surface area (Å²) in [6.07, 6.45) is 12.7. The third kappa shape index (κ3) is 2.10. The van der Waals surface area contributed by atoms with E-state index < -0.39 is 5.60 Å². The molecule has 0 amide bonds. The summed E-state index contributed by atoms with van der Waals surface area (Å²) in [5, 5.41) is 11.2. The van der Waals surface area contributed by atoms with E-state index in [0.29, 0.717) is 0 Å². The van der Waals surface area contributed by atoms with E-state index >= 15 is 0 Å². The molecular weight excluding hydrogens is 284 g/mol. The van der Waals surface area contributed by atoms with Gasteiger partial charge in [0.25, 0.3) is 0 Å². The van der Waals surface area contributed by atoms with Crippen LogP contribution in [0.25, 0.3) is 0 Å². The lowest BCUT2D eigenvalue weighted by Crippen LogP contribution is -2.51. The van der Waals surface area contributed by atoms with Gasteiger partial charge in [-0.1, -0.05) is 25.0 Å². The normalized spacial score (nSPS) is 45.9. The first-order chi connectivity index (χ1) is 11.0. The Balaban J connectivity index is 1.61. The van der Waals surface area contributed by atoms with Gasteiger partial charge < -0.3 is 9.84 Å². The Kier molecular flexibility index (Phi) is 3.68. The number of fused-ring (bicyclic) bond motifs is 4. The quantitative estimate of drug-likeness (QED) is 0.728. The zero-order valence-electron chi connectivity index (χ0n) is 15.0. The van der Waals surface area contributed by atoms with Crippen LogP contribution in [0, 0.1) is 23.2 Å².